The van der Waals surface area contributed by atoms with Crippen molar-refractivity contribution >= 4 is 22.7 Å². The quantitative estimate of drug-likeness (QED) is 0.253. The summed E-state index contributed by atoms with van der Waals surface area (Å²) in [7, 11) is 0. The van der Waals surface area contributed by atoms with Crippen LogP contribution in [-0.2, 0) is 0 Å². The van der Waals surface area contributed by atoms with Gasteiger partial charge in [0.15, 0.2) is 0 Å². The molecule has 0 unspecified atom stereocenters. The molecule has 0 spiro atoms. The van der Waals surface area contributed by atoms with Crippen LogP contribution in [0.2, 0.25) is 0 Å². The second-order valence-corrected chi connectivity index (χ2v) is 7.92. The lowest BCUT2D eigenvalue weighted by atomic mass is 9.84. The SMILES string of the molecule is Nc1c(N)c(-c2ccccc2)c(-c2ccccc2)c(-c2ccccc2)c1Nc1ccccc1. The number of benzene rings is 5. The summed E-state index contributed by atoms with van der Waals surface area (Å²) in [4.78, 5) is 0. The lowest BCUT2D eigenvalue weighted by molar-refractivity contribution is 1.51. The van der Waals surface area contributed by atoms with Crippen LogP contribution in [0, 0.1) is 0 Å². The fourth-order valence-electron chi connectivity index (χ4n) is 4.28. The van der Waals surface area contributed by atoms with Gasteiger partial charge < -0.3 is 16.8 Å². The summed E-state index contributed by atoms with van der Waals surface area (Å²) in [5.74, 6) is 0. The highest BCUT2D eigenvalue weighted by Crippen LogP contribution is 2.51. The minimum absolute atomic E-state index is 0.538. The Hall–Kier alpha value is -4.50. The normalized spacial score (nSPS) is 10.7. The molecule has 0 saturated carbocycles. The summed E-state index contributed by atoms with van der Waals surface area (Å²) in [6.45, 7) is 0. The molecule has 0 atom stereocenters. The van der Waals surface area contributed by atoms with Gasteiger partial charge in [-0.2, -0.15) is 0 Å². The zero-order valence-corrected chi connectivity index (χ0v) is 18.2. The first-order valence-corrected chi connectivity index (χ1v) is 11.0. The molecule has 0 bridgehead atoms. The van der Waals surface area contributed by atoms with Gasteiger partial charge in [0.2, 0.25) is 0 Å². The number of nitrogens with one attached hydrogen (secondary N) is 1. The maximum absolute atomic E-state index is 6.79. The molecule has 160 valence electrons. The van der Waals surface area contributed by atoms with Crippen molar-refractivity contribution in [3.63, 3.8) is 0 Å². The Morgan fingerprint density at radius 2 is 0.788 bits per heavy atom. The van der Waals surface area contributed by atoms with Gasteiger partial charge in [0.05, 0.1) is 17.1 Å². The molecule has 0 heterocycles. The van der Waals surface area contributed by atoms with E-state index < -0.39 is 0 Å². The van der Waals surface area contributed by atoms with E-state index in [-0.39, 0.29) is 0 Å². The van der Waals surface area contributed by atoms with E-state index in [1.165, 1.54) is 0 Å². The summed E-state index contributed by atoms with van der Waals surface area (Å²) in [6, 6.07) is 41.0. The number of rotatable bonds is 5. The third-order valence-corrected chi connectivity index (χ3v) is 5.81. The molecule has 3 nitrogen and oxygen atoms in total. The molecule has 0 radical (unpaired) electrons. The number of para-hydroxylation sites is 1. The maximum atomic E-state index is 6.79. The molecule has 0 aromatic heterocycles. The predicted octanol–water partition coefficient (Wildman–Crippen LogP) is 7.60. The van der Waals surface area contributed by atoms with Gasteiger partial charge in [-0.1, -0.05) is 109 Å². The molecule has 33 heavy (non-hydrogen) atoms. The Morgan fingerprint density at radius 3 is 1.27 bits per heavy atom. The van der Waals surface area contributed by atoms with Gasteiger partial charge in [-0.3, -0.25) is 0 Å². The second kappa shape index (κ2) is 8.93. The van der Waals surface area contributed by atoms with Crippen LogP contribution in [0.3, 0.4) is 0 Å². The number of hydrogen-bond acceptors (Lipinski definition) is 3. The van der Waals surface area contributed by atoms with E-state index in [0.29, 0.717) is 11.4 Å². The summed E-state index contributed by atoms with van der Waals surface area (Å²) in [5, 5.41) is 3.56. The van der Waals surface area contributed by atoms with Crippen LogP contribution in [0.1, 0.15) is 0 Å². The highest BCUT2D eigenvalue weighted by atomic mass is 14.9. The lowest BCUT2D eigenvalue weighted by Gasteiger charge is -2.25. The van der Waals surface area contributed by atoms with Crippen LogP contribution in [0.15, 0.2) is 121 Å². The van der Waals surface area contributed by atoms with Crippen molar-refractivity contribution in [1.82, 2.24) is 0 Å². The Bertz CT molecular complexity index is 1360. The van der Waals surface area contributed by atoms with Crippen molar-refractivity contribution in [3.05, 3.63) is 121 Å². The first-order valence-electron chi connectivity index (χ1n) is 11.0. The molecular weight excluding hydrogens is 402 g/mol. The summed E-state index contributed by atoms with van der Waals surface area (Å²) in [6.07, 6.45) is 0. The van der Waals surface area contributed by atoms with Gasteiger partial charge in [-0.15, -0.1) is 0 Å². The van der Waals surface area contributed by atoms with Gasteiger partial charge >= 0.3 is 0 Å². The minimum atomic E-state index is 0.538. The Kier molecular flexibility index (Phi) is 5.52. The van der Waals surface area contributed by atoms with Crippen LogP contribution < -0.4 is 16.8 Å². The van der Waals surface area contributed by atoms with Gasteiger partial charge in [0.25, 0.3) is 0 Å². The van der Waals surface area contributed by atoms with Crippen molar-refractivity contribution in [2.75, 3.05) is 16.8 Å². The molecule has 0 saturated heterocycles. The molecule has 0 aliphatic carbocycles. The molecule has 0 aliphatic rings. The number of anilines is 4. The van der Waals surface area contributed by atoms with Crippen LogP contribution in [0.4, 0.5) is 22.7 Å². The van der Waals surface area contributed by atoms with E-state index in [2.05, 4.69) is 53.8 Å². The lowest BCUT2D eigenvalue weighted by Crippen LogP contribution is -2.07. The fourth-order valence-corrected chi connectivity index (χ4v) is 4.28. The molecule has 0 aliphatic heterocycles. The van der Waals surface area contributed by atoms with Crippen molar-refractivity contribution in [2.45, 2.75) is 0 Å². The highest BCUT2D eigenvalue weighted by Gasteiger charge is 2.24. The molecule has 5 aromatic rings. The van der Waals surface area contributed by atoms with Crippen LogP contribution in [0.25, 0.3) is 33.4 Å². The van der Waals surface area contributed by atoms with Crippen LogP contribution in [-0.4, -0.2) is 0 Å². The van der Waals surface area contributed by atoms with Crippen LogP contribution >= 0.6 is 0 Å². The number of nitrogen functional groups attached to an aromatic ring is 2. The zero-order valence-electron chi connectivity index (χ0n) is 18.2. The molecule has 5 N–H and O–H groups in total. The summed E-state index contributed by atoms with van der Waals surface area (Å²) in [5.41, 5.74) is 22.6. The Morgan fingerprint density at radius 1 is 0.394 bits per heavy atom. The van der Waals surface area contributed by atoms with Crippen molar-refractivity contribution in [1.29, 1.82) is 0 Å². The van der Waals surface area contributed by atoms with Crippen molar-refractivity contribution in [3.8, 4) is 33.4 Å². The molecule has 0 amide bonds. The second-order valence-electron chi connectivity index (χ2n) is 7.92. The Labute approximate surface area is 194 Å². The van der Waals surface area contributed by atoms with Gasteiger partial charge in [-0.05, 0) is 28.8 Å². The van der Waals surface area contributed by atoms with E-state index in [9.17, 15) is 0 Å². The van der Waals surface area contributed by atoms with Gasteiger partial charge in [0, 0.05) is 22.4 Å². The van der Waals surface area contributed by atoms with Gasteiger partial charge in [0.1, 0.15) is 0 Å². The van der Waals surface area contributed by atoms with E-state index in [1.807, 2.05) is 72.8 Å². The molecule has 3 heteroatoms. The van der Waals surface area contributed by atoms with E-state index in [0.717, 1.165) is 44.8 Å². The third kappa shape index (κ3) is 3.92. The van der Waals surface area contributed by atoms with Crippen molar-refractivity contribution < 1.29 is 0 Å². The monoisotopic (exact) mass is 427 g/mol. The molecular formula is C30H25N3. The minimum Gasteiger partial charge on any atom is -0.396 e. The highest BCUT2D eigenvalue weighted by molar-refractivity contribution is 6.11. The average Bonchev–Trinajstić information content (AvgIpc) is 2.89. The van der Waals surface area contributed by atoms with E-state index in [4.69, 9.17) is 11.5 Å². The van der Waals surface area contributed by atoms with Gasteiger partial charge in [-0.25, -0.2) is 0 Å². The fraction of sp³-hybridized carbons (Fsp3) is 0. The smallest absolute Gasteiger partial charge is 0.0800 e. The topological polar surface area (TPSA) is 64.1 Å². The summed E-state index contributed by atoms with van der Waals surface area (Å²) >= 11 is 0. The van der Waals surface area contributed by atoms with E-state index >= 15 is 0 Å². The standard InChI is InChI=1S/C30H25N3/c31-28-26(22-15-7-2-8-16-22)25(21-13-5-1-6-14-21)27(23-17-9-3-10-18-23)30(29(28)32)33-24-19-11-4-12-20-24/h1-20,33H,31-32H2. The zero-order chi connectivity index (χ0) is 22.6. The third-order valence-electron chi connectivity index (χ3n) is 5.81. The van der Waals surface area contributed by atoms with Crippen molar-refractivity contribution in [2.24, 2.45) is 0 Å². The first kappa shape index (κ1) is 20.4. The largest absolute Gasteiger partial charge is 0.396 e. The summed E-state index contributed by atoms with van der Waals surface area (Å²) < 4.78 is 0. The molecule has 5 aromatic carbocycles. The predicted molar refractivity (Wildman–Crippen MR) is 141 cm³/mol. The number of hydrogen-bond donors (Lipinski definition) is 3. The molecule has 0 fully saturated rings. The first-order chi connectivity index (χ1) is 16.2. The van der Waals surface area contributed by atoms with Crippen LogP contribution in [0.5, 0.6) is 0 Å². The Balaban J connectivity index is 1.91. The van der Waals surface area contributed by atoms with E-state index in [1.54, 1.807) is 0 Å². The number of nitrogens with two attached hydrogens (primary N) is 2. The average molecular weight is 428 g/mol. The molecule has 5 rings (SSSR count). The maximum Gasteiger partial charge on any atom is 0.0800 e.